The molecule has 0 spiro atoms. The van der Waals surface area contributed by atoms with Gasteiger partial charge < -0.3 is 4.74 Å². The topological polar surface area (TPSA) is 89.5 Å². The Bertz CT molecular complexity index is 887. The van der Waals surface area contributed by atoms with Crippen molar-refractivity contribution in [2.24, 2.45) is 0 Å². The van der Waals surface area contributed by atoms with Gasteiger partial charge in [-0.2, -0.15) is 0 Å². The van der Waals surface area contributed by atoms with Crippen LogP contribution in [0.1, 0.15) is 46.0 Å². The molecule has 0 heterocycles. The number of unbranched alkanes of at least 4 members (excludes halogenated alkanes) is 1. The predicted octanol–water partition coefficient (Wildman–Crippen LogP) is 2.98. The van der Waals surface area contributed by atoms with Gasteiger partial charge in [-0.05, 0) is 49.7 Å². The number of carbonyl (C=O) groups is 2. The minimum atomic E-state index is -3.57. The van der Waals surface area contributed by atoms with Crippen molar-refractivity contribution in [2.75, 3.05) is 13.7 Å². The van der Waals surface area contributed by atoms with E-state index in [1.54, 1.807) is 12.1 Å². The second kappa shape index (κ2) is 9.43. The zero-order chi connectivity index (χ0) is 19.9. The Labute approximate surface area is 159 Å². The first-order valence-electron chi connectivity index (χ1n) is 8.70. The van der Waals surface area contributed by atoms with Crippen molar-refractivity contribution in [3.63, 3.8) is 0 Å². The van der Waals surface area contributed by atoms with E-state index in [1.165, 1.54) is 36.9 Å². The monoisotopic (exact) mass is 389 g/mol. The van der Waals surface area contributed by atoms with Crippen LogP contribution in [0, 0.1) is 0 Å². The van der Waals surface area contributed by atoms with Gasteiger partial charge in [0.1, 0.15) is 0 Å². The highest BCUT2D eigenvalue weighted by molar-refractivity contribution is 7.89. The smallest absolute Gasteiger partial charge is 0.338 e. The average molecular weight is 389 g/mol. The molecule has 7 heteroatoms. The number of rotatable bonds is 9. The molecule has 0 fully saturated rings. The molecule has 0 bridgehead atoms. The quantitative estimate of drug-likeness (QED) is 0.526. The molecular formula is C20H23NO5S. The first-order chi connectivity index (χ1) is 12.9. The number of ether oxygens (including phenoxy) is 1. The van der Waals surface area contributed by atoms with Crippen LogP contribution in [0.2, 0.25) is 0 Å². The van der Waals surface area contributed by atoms with E-state index < -0.39 is 16.0 Å². The number of carbonyl (C=O) groups excluding carboxylic acids is 2. The zero-order valence-corrected chi connectivity index (χ0v) is 16.2. The summed E-state index contributed by atoms with van der Waals surface area (Å²) in [5, 5.41) is 0. The van der Waals surface area contributed by atoms with Crippen molar-refractivity contribution in [3.8, 4) is 0 Å². The van der Waals surface area contributed by atoms with Crippen LogP contribution >= 0.6 is 0 Å². The molecule has 2 aromatic rings. The third-order valence-corrected chi connectivity index (χ3v) is 5.53. The molecule has 0 unspecified atom stereocenters. The number of Topliss-reactive ketones (excluding diaryl/α,β-unsaturated/α-hetero) is 1. The van der Waals surface area contributed by atoms with Gasteiger partial charge in [-0.15, -0.1) is 0 Å². The first-order valence-corrected chi connectivity index (χ1v) is 10.2. The summed E-state index contributed by atoms with van der Waals surface area (Å²) in [6.45, 7) is 1.75. The molecule has 0 aliphatic carbocycles. The summed E-state index contributed by atoms with van der Waals surface area (Å²) in [6, 6.07) is 12.6. The third kappa shape index (κ3) is 5.74. The van der Waals surface area contributed by atoms with Crippen LogP contribution in [0.3, 0.4) is 0 Å². The summed E-state index contributed by atoms with van der Waals surface area (Å²) >= 11 is 0. The third-order valence-electron chi connectivity index (χ3n) is 4.10. The van der Waals surface area contributed by atoms with Gasteiger partial charge in [-0.1, -0.05) is 37.6 Å². The first kappa shape index (κ1) is 20.8. The van der Waals surface area contributed by atoms with Crippen LogP contribution in [0.15, 0.2) is 53.4 Å². The maximum Gasteiger partial charge on any atom is 0.338 e. The Morgan fingerprint density at radius 2 is 1.56 bits per heavy atom. The number of aryl methyl sites for hydroxylation is 1. The van der Waals surface area contributed by atoms with Crippen LogP contribution in [0.4, 0.5) is 0 Å². The molecule has 0 aromatic heterocycles. The number of ketones is 1. The normalized spacial score (nSPS) is 11.2. The van der Waals surface area contributed by atoms with Gasteiger partial charge in [0.15, 0.2) is 12.4 Å². The maximum absolute atomic E-state index is 12.2. The summed E-state index contributed by atoms with van der Waals surface area (Å²) in [5.74, 6) is -0.976. The fraction of sp³-hybridized carbons (Fsp3) is 0.300. The lowest BCUT2D eigenvalue weighted by Crippen LogP contribution is -2.19. The minimum Gasteiger partial charge on any atom is -0.454 e. The van der Waals surface area contributed by atoms with E-state index in [0.717, 1.165) is 19.3 Å². The van der Waals surface area contributed by atoms with Gasteiger partial charge in [0.05, 0.1) is 10.5 Å². The minimum absolute atomic E-state index is 0.0424. The molecule has 27 heavy (non-hydrogen) atoms. The van der Waals surface area contributed by atoms with E-state index >= 15 is 0 Å². The van der Waals surface area contributed by atoms with Crippen molar-refractivity contribution in [3.05, 3.63) is 65.2 Å². The SMILES string of the molecule is CCCCc1ccc(C(=O)COC(=O)c2ccc(S(=O)(=O)NC)cc2)cc1. The lowest BCUT2D eigenvalue weighted by atomic mass is 10.0. The molecule has 0 saturated heterocycles. The molecule has 0 aliphatic heterocycles. The van der Waals surface area contributed by atoms with Crippen LogP contribution in [-0.2, 0) is 21.2 Å². The zero-order valence-electron chi connectivity index (χ0n) is 15.4. The van der Waals surface area contributed by atoms with Gasteiger partial charge in [0, 0.05) is 5.56 Å². The van der Waals surface area contributed by atoms with Gasteiger partial charge in [0.2, 0.25) is 10.0 Å². The molecule has 0 radical (unpaired) electrons. The summed E-state index contributed by atoms with van der Waals surface area (Å²) in [4.78, 5) is 24.3. The Kier molecular flexibility index (Phi) is 7.27. The van der Waals surface area contributed by atoms with E-state index in [2.05, 4.69) is 11.6 Å². The number of hydrogen-bond donors (Lipinski definition) is 1. The summed E-state index contributed by atoms with van der Waals surface area (Å²) < 4.78 is 30.6. The number of nitrogens with one attached hydrogen (secondary N) is 1. The number of benzene rings is 2. The number of sulfonamides is 1. The van der Waals surface area contributed by atoms with Gasteiger partial charge in [-0.3, -0.25) is 4.79 Å². The predicted molar refractivity (Wildman–Crippen MR) is 102 cm³/mol. The van der Waals surface area contributed by atoms with Crippen LogP contribution in [0.25, 0.3) is 0 Å². The van der Waals surface area contributed by atoms with Crippen molar-refractivity contribution in [1.29, 1.82) is 0 Å². The highest BCUT2D eigenvalue weighted by Crippen LogP contribution is 2.12. The fourth-order valence-electron chi connectivity index (χ4n) is 2.42. The van der Waals surface area contributed by atoms with Crippen LogP contribution in [0.5, 0.6) is 0 Å². The van der Waals surface area contributed by atoms with E-state index in [0.29, 0.717) is 5.56 Å². The summed E-state index contributed by atoms with van der Waals surface area (Å²) in [7, 11) is -2.26. The van der Waals surface area contributed by atoms with Crippen molar-refractivity contribution in [1.82, 2.24) is 4.72 Å². The highest BCUT2D eigenvalue weighted by Gasteiger charge is 2.15. The Morgan fingerprint density at radius 1 is 0.963 bits per heavy atom. The molecule has 144 valence electrons. The van der Waals surface area contributed by atoms with Gasteiger partial charge in [-0.25, -0.2) is 17.9 Å². The molecule has 1 N–H and O–H groups in total. The average Bonchev–Trinajstić information content (AvgIpc) is 2.70. The Hall–Kier alpha value is -2.51. The second-order valence-electron chi connectivity index (χ2n) is 6.03. The molecule has 0 saturated carbocycles. The Balaban J connectivity index is 1.93. The summed E-state index contributed by atoms with van der Waals surface area (Å²) in [6.07, 6.45) is 3.18. The fourth-order valence-corrected chi connectivity index (χ4v) is 3.15. The second-order valence-corrected chi connectivity index (χ2v) is 7.92. The highest BCUT2D eigenvalue weighted by atomic mass is 32.2. The van der Waals surface area contributed by atoms with E-state index in [9.17, 15) is 18.0 Å². The molecule has 2 aromatic carbocycles. The molecule has 2 rings (SSSR count). The molecule has 6 nitrogen and oxygen atoms in total. The van der Waals surface area contributed by atoms with Gasteiger partial charge >= 0.3 is 5.97 Å². The standard InChI is InChI=1S/C20H23NO5S/c1-3-4-5-15-6-8-16(9-7-15)19(22)14-26-20(23)17-10-12-18(13-11-17)27(24,25)21-2/h6-13,21H,3-5,14H2,1-2H3. The molecule has 0 aliphatic rings. The molecule has 0 amide bonds. The lowest BCUT2D eigenvalue weighted by molar-refractivity contribution is 0.0474. The molecule has 0 atom stereocenters. The van der Waals surface area contributed by atoms with E-state index in [1.807, 2.05) is 12.1 Å². The van der Waals surface area contributed by atoms with Crippen molar-refractivity contribution >= 4 is 21.8 Å². The van der Waals surface area contributed by atoms with E-state index in [-0.39, 0.29) is 22.8 Å². The lowest BCUT2D eigenvalue weighted by Gasteiger charge is -2.07. The van der Waals surface area contributed by atoms with E-state index in [4.69, 9.17) is 4.74 Å². The van der Waals surface area contributed by atoms with Crippen molar-refractivity contribution in [2.45, 2.75) is 31.1 Å². The number of hydrogen-bond acceptors (Lipinski definition) is 5. The van der Waals surface area contributed by atoms with Crippen molar-refractivity contribution < 1.29 is 22.7 Å². The van der Waals surface area contributed by atoms with Gasteiger partial charge in [0.25, 0.3) is 0 Å². The maximum atomic E-state index is 12.2. The van der Waals surface area contributed by atoms with Crippen LogP contribution < -0.4 is 4.72 Å². The number of esters is 1. The largest absolute Gasteiger partial charge is 0.454 e. The Morgan fingerprint density at radius 3 is 2.11 bits per heavy atom. The summed E-state index contributed by atoms with van der Waals surface area (Å²) in [5.41, 5.74) is 1.83. The van der Waals surface area contributed by atoms with Crippen LogP contribution in [-0.4, -0.2) is 33.8 Å². The molecular weight excluding hydrogens is 366 g/mol.